The molecule has 2 atom stereocenters. The number of aliphatic hydroxyl groups is 1. The highest BCUT2D eigenvalue weighted by molar-refractivity contribution is 4.97. The standard InChI is InChI=1S/C14H26O/c1-2-12-10-7-11-14(12,15)13-8-5-3-4-6-9-13/h12-13,15H,2-11H2,1H3. The van der Waals surface area contributed by atoms with Crippen LogP contribution in [0.4, 0.5) is 0 Å². The Morgan fingerprint density at radius 3 is 2.27 bits per heavy atom. The highest BCUT2D eigenvalue weighted by Gasteiger charge is 2.45. The maximum Gasteiger partial charge on any atom is 0.0703 e. The molecule has 0 aromatic heterocycles. The van der Waals surface area contributed by atoms with Gasteiger partial charge in [0.2, 0.25) is 0 Å². The van der Waals surface area contributed by atoms with Crippen LogP contribution in [-0.2, 0) is 0 Å². The Kier molecular flexibility index (Phi) is 3.71. The zero-order valence-corrected chi connectivity index (χ0v) is 10.2. The topological polar surface area (TPSA) is 20.2 Å². The van der Waals surface area contributed by atoms with E-state index < -0.39 is 0 Å². The van der Waals surface area contributed by atoms with E-state index in [9.17, 15) is 5.11 Å². The lowest BCUT2D eigenvalue weighted by atomic mass is 9.74. The van der Waals surface area contributed by atoms with Crippen molar-refractivity contribution < 1.29 is 5.11 Å². The molecule has 0 aromatic rings. The first kappa shape index (κ1) is 11.4. The first-order chi connectivity index (χ1) is 7.27. The Labute approximate surface area is 94.3 Å². The Hall–Kier alpha value is -0.0400. The summed E-state index contributed by atoms with van der Waals surface area (Å²) in [6.45, 7) is 2.25. The third kappa shape index (κ3) is 2.22. The summed E-state index contributed by atoms with van der Waals surface area (Å²) < 4.78 is 0. The van der Waals surface area contributed by atoms with Gasteiger partial charge in [0.25, 0.3) is 0 Å². The van der Waals surface area contributed by atoms with E-state index in [2.05, 4.69) is 6.92 Å². The van der Waals surface area contributed by atoms with Crippen LogP contribution in [0.1, 0.15) is 71.1 Å². The zero-order valence-electron chi connectivity index (χ0n) is 10.2. The van der Waals surface area contributed by atoms with Crippen LogP contribution in [0.2, 0.25) is 0 Å². The summed E-state index contributed by atoms with van der Waals surface area (Å²) in [4.78, 5) is 0. The Balaban J connectivity index is 2.05. The molecule has 2 aliphatic carbocycles. The third-order valence-corrected chi connectivity index (χ3v) is 4.89. The minimum Gasteiger partial charge on any atom is -0.389 e. The molecule has 1 heteroatoms. The van der Waals surface area contributed by atoms with Crippen molar-refractivity contribution >= 4 is 0 Å². The molecule has 2 rings (SSSR count). The van der Waals surface area contributed by atoms with E-state index in [1.165, 1.54) is 57.8 Å². The molecule has 0 aliphatic heterocycles. The van der Waals surface area contributed by atoms with Gasteiger partial charge in [0, 0.05) is 0 Å². The van der Waals surface area contributed by atoms with E-state index in [0.29, 0.717) is 11.8 Å². The van der Waals surface area contributed by atoms with Crippen LogP contribution in [0.5, 0.6) is 0 Å². The van der Waals surface area contributed by atoms with Gasteiger partial charge in [0.15, 0.2) is 0 Å². The molecule has 1 N–H and O–H groups in total. The number of hydrogen-bond acceptors (Lipinski definition) is 1. The van der Waals surface area contributed by atoms with Gasteiger partial charge in [-0.2, -0.15) is 0 Å². The second-order valence-corrected chi connectivity index (χ2v) is 5.68. The smallest absolute Gasteiger partial charge is 0.0703 e. The molecule has 15 heavy (non-hydrogen) atoms. The van der Waals surface area contributed by atoms with Crippen LogP contribution in [0.25, 0.3) is 0 Å². The summed E-state index contributed by atoms with van der Waals surface area (Å²) in [5, 5.41) is 10.9. The van der Waals surface area contributed by atoms with Gasteiger partial charge in [0.05, 0.1) is 5.60 Å². The van der Waals surface area contributed by atoms with Crippen molar-refractivity contribution in [3.63, 3.8) is 0 Å². The first-order valence-corrected chi connectivity index (χ1v) is 6.99. The summed E-state index contributed by atoms with van der Waals surface area (Å²) in [5.41, 5.74) is -0.279. The van der Waals surface area contributed by atoms with Gasteiger partial charge in [-0.25, -0.2) is 0 Å². The molecular weight excluding hydrogens is 184 g/mol. The molecule has 0 radical (unpaired) electrons. The molecule has 0 saturated heterocycles. The Morgan fingerprint density at radius 1 is 1.00 bits per heavy atom. The normalized spacial score (nSPS) is 39.2. The van der Waals surface area contributed by atoms with Crippen LogP contribution in [0.3, 0.4) is 0 Å². The quantitative estimate of drug-likeness (QED) is 0.685. The van der Waals surface area contributed by atoms with Gasteiger partial charge >= 0.3 is 0 Å². The van der Waals surface area contributed by atoms with Gasteiger partial charge in [-0.15, -0.1) is 0 Å². The minimum absolute atomic E-state index is 0.279. The van der Waals surface area contributed by atoms with Crippen LogP contribution >= 0.6 is 0 Å². The molecule has 2 aliphatic rings. The second kappa shape index (κ2) is 4.86. The average molecular weight is 210 g/mol. The first-order valence-electron chi connectivity index (χ1n) is 6.99. The predicted octanol–water partition coefficient (Wildman–Crippen LogP) is 3.90. The molecule has 1 nitrogen and oxygen atoms in total. The molecule has 2 saturated carbocycles. The molecule has 2 fully saturated rings. The maximum atomic E-state index is 10.9. The lowest BCUT2D eigenvalue weighted by Gasteiger charge is -2.37. The van der Waals surface area contributed by atoms with Crippen molar-refractivity contribution in [3.8, 4) is 0 Å². The summed E-state index contributed by atoms with van der Waals surface area (Å²) in [6, 6.07) is 0. The largest absolute Gasteiger partial charge is 0.389 e. The van der Waals surface area contributed by atoms with E-state index >= 15 is 0 Å². The maximum absolute atomic E-state index is 10.9. The fraction of sp³-hybridized carbons (Fsp3) is 1.00. The van der Waals surface area contributed by atoms with E-state index in [4.69, 9.17) is 0 Å². The molecule has 0 aromatic carbocycles. The molecule has 88 valence electrons. The van der Waals surface area contributed by atoms with Crippen LogP contribution in [0, 0.1) is 11.8 Å². The predicted molar refractivity (Wildman–Crippen MR) is 63.8 cm³/mol. The summed E-state index contributed by atoms with van der Waals surface area (Å²) in [7, 11) is 0. The molecule has 2 unspecified atom stereocenters. The van der Waals surface area contributed by atoms with Crippen molar-refractivity contribution in [2.24, 2.45) is 11.8 Å². The monoisotopic (exact) mass is 210 g/mol. The van der Waals surface area contributed by atoms with Gasteiger partial charge in [-0.3, -0.25) is 0 Å². The van der Waals surface area contributed by atoms with Crippen LogP contribution in [-0.4, -0.2) is 10.7 Å². The number of rotatable bonds is 2. The molecule has 0 amide bonds. The molecule has 0 heterocycles. The lowest BCUT2D eigenvalue weighted by molar-refractivity contribution is -0.0581. The van der Waals surface area contributed by atoms with Crippen molar-refractivity contribution in [1.29, 1.82) is 0 Å². The van der Waals surface area contributed by atoms with Gasteiger partial charge in [-0.1, -0.05) is 45.4 Å². The van der Waals surface area contributed by atoms with Crippen molar-refractivity contribution in [2.45, 2.75) is 76.7 Å². The lowest BCUT2D eigenvalue weighted by Crippen LogP contribution is -2.41. The Morgan fingerprint density at radius 2 is 1.67 bits per heavy atom. The molecule has 0 spiro atoms. The summed E-state index contributed by atoms with van der Waals surface area (Å²) >= 11 is 0. The van der Waals surface area contributed by atoms with Crippen LogP contribution < -0.4 is 0 Å². The Bertz CT molecular complexity index is 194. The van der Waals surface area contributed by atoms with E-state index in [1.807, 2.05) is 0 Å². The van der Waals surface area contributed by atoms with E-state index in [0.717, 1.165) is 6.42 Å². The minimum atomic E-state index is -0.279. The average Bonchev–Trinajstić information content (AvgIpc) is 2.49. The van der Waals surface area contributed by atoms with Gasteiger partial charge in [0.1, 0.15) is 0 Å². The second-order valence-electron chi connectivity index (χ2n) is 5.68. The molecule has 0 bridgehead atoms. The van der Waals surface area contributed by atoms with Gasteiger partial charge in [-0.05, 0) is 37.5 Å². The van der Waals surface area contributed by atoms with Crippen LogP contribution in [0.15, 0.2) is 0 Å². The highest BCUT2D eigenvalue weighted by atomic mass is 16.3. The zero-order chi connectivity index (χ0) is 10.7. The number of hydrogen-bond donors (Lipinski definition) is 1. The van der Waals surface area contributed by atoms with Gasteiger partial charge < -0.3 is 5.11 Å². The van der Waals surface area contributed by atoms with E-state index in [1.54, 1.807) is 0 Å². The van der Waals surface area contributed by atoms with E-state index in [-0.39, 0.29) is 5.60 Å². The fourth-order valence-electron chi connectivity index (χ4n) is 3.96. The molecular formula is C14H26O. The summed E-state index contributed by atoms with van der Waals surface area (Å²) in [6.07, 6.45) is 12.8. The third-order valence-electron chi connectivity index (χ3n) is 4.89. The van der Waals surface area contributed by atoms with Crippen molar-refractivity contribution in [1.82, 2.24) is 0 Å². The SMILES string of the molecule is CCC1CCCC1(O)C1CCCCCC1. The highest BCUT2D eigenvalue weighted by Crippen LogP contribution is 2.46. The van der Waals surface area contributed by atoms with Crippen molar-refractivity contribution in [3.05, 3.63) is 0 Å². The summed E-state index contributed by atoms with van der Waals surface area (Å²) in [5.74, 6) is 1.22. The fourth-order valence-corrected chi connectivity index (χ4v) is 3.96. The van der Waals surface area contributed by atoms with Crippen molar-refractivity contribution in [2.75, 3.05) is 0 Å².